The molecule has 0 unspecified atom stereocenters. The zero-order valence-electron chi connectivity index (χ0n) is 16.2. The molecule has 0 radical (unpaired) electrons. The third-order valence-electron chi connectivity index (χ3n) is 4.02. The van der Waals surface area contributed by atoms with E-state index in [0.717, 1.165) is 12.3 Å². The van der Waals surface area contributed by atoms with Crippen molar-refractivity contribution >= 4 is 17.5 Å². The van der Waals surface area contributed by atoms with Gasteiger partial charge >= 0.3 is 6.18 Å². The topological polar surface area (TPSA) is 116 Å². The van der Waals surface area contributed by atoms with Crippen molar-refractivity contribution in [1.82, 2.24) is 9.97 Å². The van der Waals surface area contributed by atoms with Crippen molar-refractivity contribution in [3.63, 3.8) is 0 Å². The number of carbonyl (C=O) groups excluding carboxylic acids is 2. The number of halogens is 4. The molecule has 2 aromatic heterocycles. The van der Waals surface area contributed by atoms with Crippen LogP contribution in [0.25, 0.3) is 0 Å². The highest BCUT2D eigenvalue weighted by atomic mass is 19.4. The van der Waals surface area contributed by atoms with Crippen molar-refractivity contribution in [3.8, 4) is 17.5 Å². The van der Waals surface area contributed by atoms with Gasteiger partial charge in [-0.25, -0.2) is 14.4 Å². The average molecular weight is 450 g/mol. The summed E-state index contributed by atoms with van der Waals surface area (Å²) >= 11 is 0. The molecule has 0 spiro atoms. The van der Waals surface area contributed by atoms with Gasteiger partial charge < -0.3 is 20.5 Å². The van der Waals surface area contributed by atoms with Crippen LogP contribution in [0.4, 0.5) is 23.2 Å². The molecule has 0 atom stereocenters. The predicted octanol–water partition coefficient (Wildman–Crippen LogP) is 3.79. The molecule has 32 heavy (non-hydrogen) atoms. The number of carbonyl (C=O) groups is 2. The van der Waals surface area contributed by atoms with Crippen molar-refractivity contribution in [3.05, 3.63) is 71.3 Å². The zero-order valence-corrected chi connectivity index (χ0v) is 16.2. The molecule has 166 valence electrons. The molecular weight excluding hydrogens is 436 g/mol. The van der Waals surface area contributed by atoms with Crippen molar-refractivity contribution in [2.24, 2.45) is 5.73 Å². The Bertz CT molecular complexity index is 1180. The number of nitrogens with zero attached hydrogens (tertiary/aromatic N) is 2. The standard InChI is InChI=1S/C20H14F4N4O4/c1-31-19-15(21)7-13(9-27-19)32-18-14(6-11(8-26-18)20(22,23)24)17(30)28-12-4-2-3-10(5-12)16(25)29/h2-9H,1H3,(H2,25,29)(H,28,30). The number of nitrogens with one attached hydrogen (secondary N) is 1. The smallest absolute Gasteiger partial charge is 0.417 e. The van der Waals surface area contributed by atoms with Crippen LogP contribution in [-0.4, -0.2) is 28.9 Å². The van der Waals surface area contributed by atoms with E-state index in [1.54, 1.807) is 0 Å². The minimum Gasteiger partial charge on any atom is -0.479 e. The van der Waals surface area contributed by atoms with E-state index in [1.165, 1.54) is 31.4 Å². The van der Waals surface area contributed by atoms with Gasteiger partial charge in [-0.1, -0.05) is 6.07 Å². The first-order chi connectivity index (χ1) is 15.1. The van der Waals surface area contributed by atoms with Gasteiger partial charge in [-0.15, -0.1) is 0 Å². The van der Waals surface area contributed by atoms with E-state index in [2.05, 4.69) is 20.0 Å². The van der Waals surface area contributed by atoms with E-state index in [-0.39, 0.29) is 22.9 Å². The second-order valence-corrected chi connectivity index (χ2v) is 6.24. The van der Waals surface area contributed by atoms with Crippen LogP contribution >= 0.6 is 0 Å². The van der Waals surface area contributed by atoms with Crippen LogP contribution in [0.2, 0.25) is 0 Å². The van der Waals surface area contributed by atoms with Crippen molar-refractivity contribution in [1.29, 1.82) is 0 Å². The Morgan fingerprint density at radius 1 is 1.06 bits per heavy atom. The first-order valence-electron chi connectivity index (χ1n) is 8.74. The Morgan fingerprint density at radius 2 is 1.78 bits per heavy atom. The Kier molecular flexibility index (Phi) is 6.23. The number of ether oxygens (including phenoxy) is 2. The molecule has 3 N–H and O–H groups in total. The number of alkyl halides is 3. The van der Waals surface area contributed by atoms with Crippen LogP contribution in [0, 0.1) is 5.82 Å². The number of benzene rings is 1. The number of amides is 2. The highest BCUT2D eigenvalue weighted by Gasteiger charge is 2.33. The quantitative estimate of drug-likeness (QED) is 0.552. The lowest BCUT2D eigenvalue weighted by Crippen LogP contribution is -2.17. The summed E-state index contributed by atoms with van der Waals surface area (Å²) in [6.45, 7) is 0. The molecule has 0 fully saturated rings. The van der Waals surface area contributed by atoms with Crippen LogP contribution < -0.4 is 20.5 Å². The molecule has 8 nitrogen and oxygen atoms in total. The molecule has 0 saturated carbocycles. The second kappa shape index (κ2) is 8.88. The van der Waals surface area contributed by atoms with Crippen LogP contribution in [0.5, 0.6) is 17.5 Å². The lowest BCUT2D eigenvalue weighted by atomic mass is 10.1. The Morgan fingerprint density at radius 3 is 2.41 bits per heavy atom. The maximum Gasteiger partial charge on any atom is 0.417 e. The molecule has 2 amide bonds. The van der Waals surface area contributed by atoms with Crippen LogP contribution in [0.3, 0.4) is 0 Å². The molecule has 3 rings (SSSR count). The van der Waals surface area contributed by atoms with E-state index in [1.807, 2.05) is 0 Å². The first-order valence-corrected chi connectivity index (χ1v) is 8.74. The summed E-state index contributed by atoms with van der Waals surface area (Å²) in [5.41, 5.74) is 3.54. The number of aromatic nitrogens is 2. The molecule has 0 aliphatic carbocycles. The fourth-order valence-electron chi connectivity index (χ4n) is 2.53. The zero-order chi connectivity index (χ0) is 23.5. The summed E-state index contributed by atoms with van der Waals surface area (Å²) in [5.74, 6) is -3.79. The Hall–Kier alpha value is -4.22. The summed E-state index contributed by atoms with van der Waals surface area (Å²) in [6.07, 6.45) is -3.29. The van der Waals surface area contributed by atoms with Crippen molar-refractivity contribution < 1.29 is 36.6 Å². The normalized spacial score (nSPS) is 11.0. The predicted molar refractivity (Wildman–Crippen MR) is 103 cm³/mol. The fourth-order valence-corrected chi connectivity index (χ4v) is 2.53. The Balaban J connectivity index is 1.98. The Labute approximate surface area is 178 Å². The van der Waals surface area contributed by atoms with Gasteiger partial charge in [0.25, 0.3) is 5.91 Å². The molecule has 0 saturated heterocycles. The minimum atomic E-state index is -4.79. The molecule has 3 aromatic rings. The maximum absolute atomic E-state index is 13.9. The summed E-state index contributed by atoms with van der Waals surface area (Å²) in [7, 11) is 1.19. The number of rotatable bonds is 6. The molecule has 0 bridgehead atoms. The van der Waals surface area contributed by atoms with Gasteiger partial charge in [0.15, 0.2) is 11.6 Å². The monoisotopic (exact) mass is 450 g/mol. The van der Waals surface area contributed by atoms with Gasteiger partial charge in [-0.05, 0) is 24.3 Å². The van der Waals surface area contributed by atoms with Gasteiger partial charge in [0.2, 0.25) is 17.7 Å². The van der Waals surface area contributed by atoms with Gasteiger partial charge in [-0.2, -0.15) is 13.2 Å². The van der Waals surface area contributed by atoms with Crippen LogP contribution in [-0.2, 0) is 6.18 Å². The lowest BCUT2D eigenvalue weighted by Gasteiger charge is -2.14. The number of methoxy groups -OCH3 is 1. The van der Waals surface area contributed by atoms with Gasteiger partial charge in [0, 0.05) is 23.5 Å². The van der Waals surface area contributed by atoms with E-state index < -0.39 is 40.8 Å². The lowest BCUT2D eigenvalue weighted by molar-refractivity contribution is -0.137. The average Bonchev–Trinajstić information content (AvgIpc) is 2.73. The number of anilines is 1. The molecule has 1 aromatic carbocycles. The number of hydrogen-bond acceptors (Lipinski definition) is 6. The second-order valence-electron chi connectivity index (χ2n) is 6.24. The van der Waals surface area contributed by atoms with E-state index in [4.69, 9.17) is 10.5 Å². The number of primary amides is 1. The van der Waals surface area contributed by atoms with Crippen molar-refractivity contribution in [2.45, 2.75) is 6.18 Å². The van der Waals surface area contributed by atoms with E-state index in [0.29, 0.717) is 12.3 Å². The first kappa shape index (κ1) is 22.5. The van der Waals surface area contributed by atoms with Gasteiger partial charge in [0.1, 0.15) is 5.56 Å². The molecular formula is C20H14F4N4O4. The third kappa shape index (κ3) is 5.09. The van der Waals surface area contributed by atoms with Crippen LogP contribution in [0.1, 0.15) is 26.3 Å². The van der Waals surface area contributed by atoms with E-state index >= 15 is 0 Å². The summed E-state index contributed by atoms with van der Waals surface area (Å²) in [6, 6.07) is 6.85. The largest absolute Gasteiger partial charge is 0.479 e. The summed E-state index contributed by atoms with van der Waals surface area (Å²) < 4.78 is 63.3. The number of pyridine rings is 2. The number of hydrogen-bond donors (Lipinski definition) is 2. The van der Waals surface area contributed by atoms with E-state index in [9.17, 15) is 27.2 Å². The molecule has 0 aliphatic rings. The highest BCUT2D eigenvalue weighted by molar-refractivity contribution is 6.06. The number of nitrogens with two attached hydrogens (primary N) is 1. The molecule has 2 heterocycles. The SMILES string of the molecule is COc1ncc(Oc2ncc(C(F)(F)F)cc2C(=O)Nc2cccc(C(N)=O)c2)cc1F. The van der Waals surface area contributed by atoms with Gasteiger partial charge in [0.05, 0.1) is 18.9 Å². The fraction of sp³-hybridized carbons (Fsp3) is 0.100. The summed E-state index contributed by atoms with van der Waals surface area (Å²) in [4.78, 5) is 31.2. The third-order valence-corrected chi connectivity index (χ3v) is 4.02. The minimum absolute atomic E-state index is 0.0706. The van der Waals surface area contributed by atoms with Gasteiger partial charge in [-0.3, -0.25) is 9.59 Å². The maximum atomic E-state index is 13.9. The molecule has 0 aliphatic heterocycles. The van der Waals surface area contributed by atoms with Crippen LogP contribution in [0.15, 0.2) is 48.8 Å². The van der Waals surface area contributed by atoms with Crippen molar-refractivity contribution in [2.75, 3.05) is 12.4 Å². The summed E-state index contributed by atoms with van der Waals surface area (Å²) in [5, 5.41) is 2.34. The highest BCUT2D eigenvalue weighted by Crippen LogP contribution is 2.33. The molecule has 12 heteroatoms.